The summed E-state index contributed by atoms with van der Waals surface area (Å²) in [7, 11) is 0. The molecule has 5 heteroatoms. The molecule has 0 aromatic carbocycles. The highest BCUT2D eigenvalue weighted by molar-refractivity contribution is 14.1. The molecule has 0 unspecified atom stereocenters. The van der Waals surface area contributed by atoms with Crippen LogP contribution in [-0.2, 0) is 0 Å². The smallest absolute Gasteiger partial charge is 0.145 e. The van der Waals surface area contributed by atoms with Crippen molar-refractivity contribution in [3.05, 3.63) is 23.5 Å². The molecule has 10 heavy (non-hydrogen) atoms. The summed E-state index contributed by atoms with van der Waals surface area (Å²) in [6, 6.07) is 1.77. The third-order valence-electron chi connectivity index (χ3n) is 0.842. The number of halogens is 4. The molecule has 0 aliphatic carbocycles. The number of rotatable bonds is 0. The fourth-order valence-electron chi connectivity index (χ4n) is 0.442. The minimum absolute atomic E-state index is 0.440. The normalized spacial score (nSPS) is 10.0. The zero-order chi connectivity index (χ0) is 7.72. The molecule has 0 radical (unpaired) electrons. The topological polar surface area (TPSA) is 12.9 Å². The van der Waals surface area contributed by atoms with Gasteiger partial charge in [-0.2, -0.15) is 0 Å². The first-order chi connectivity index (χ1) is 4.61. The van der Waals surface area contributed by atoms with Crippen molar-refractivity contribution < 1.29 is 0 Å². The molecule has 0 saturated carbocycles. The Hall–Kier alpha value is 1.19. The molecule has 1 nitrogen and oxygen atoms in total. The Morgan fingerprint density at radius 2 is 1.90 bits per heavy atom. The van der Waals surface area contributed by atoms with Crippen LogP contribution in [0, 0.1) is 7.14 Å². The maximum Gasteiger partial charge on any atom is 0.145 e. The van der Waals surface area contributed by atoms with Gasteiger partial charge in [-0.1, -0.05) is 23.2 Å². The Morgan fingerprint density at radius 3 is 2.40 bits per heavy atom. The quantitative estimate of drug-likeness (QED) is 0.480. The Labute approximate surface area is 95.8 Å². The van der Waals surface area contributed by atoms with Crippen LogP contribution in [0.1, 0.15) is 0 Å². The Kier molecular flexibility index (Phi) is 3.46. The van der Waals surface area contributed by atoms with Gasteiger partial charge in [0, 0.05) is 3.57 Å². The van der Waals surface area contributed by atoms with Crippen LogP contribution in [0.2, 0.25) is 10.3 Å². The molecule has 0 amide bonds. The molecule has 0 bridgehead atoms. The maximum absolute atomic E-state index is 5.71. The van der Waals surface area contributed by atoms with Crippen molar-refractivity contribution in [2.24, 2.45) is 0 Å². The lowest BCUT2D eigenvalue weighted by atomic mass is 10.5. The molecule has 0 spiro atoms. The van der Waals surface area contributed by atoms with Gasteiger partial charge in [0.15, 0.2) is 0 Å². The van der Waals surface area contributed by atoms with Gasteiger partial charge in [-0.3, -0.25) is 0 Å². The van der Waals surface area contributed by atoms with Crippen molar-refractivity contribution in [3.63, 3.8) is 0 Å². The van der Waals surface area contributed by atoms with Gasteiger partial charge in [-0.25, -0.2) is 4.98 Å². The van der Waals surface area contributed by atoms with Crippen molar-refractivity contribution in [2.75, 3.05) is 0 Å². The van der Waals surface area contributed by atoms with Crippen LogP contribution in [0.5, 0.6) is 0 Å². The summed E-state index contributed by atoms with van der Waals surface area (Å²) in [6.07, 6.45) is 0. The Balaban J connectivity index is 3.31. The highest BCUT2D eigenvalue weighted by atomic mass is 127. The van der Waals surface area contributed by atoms with Crippen molar-refractivity contribution in [1.82, 2.24) is 4.98 Å². The third kappa shape index (κ3) is 2.09. The van der Waals surface area contributed by atoms with E-state index in [1.54, 1.807) is 6.07 Å². The lowest BCUT2D eigenvalue weighted by Crippen LogP contribution is -1.85. The first kappa shape index (κ1) is 9.28. The molecule has 0 N–H and O–H groups in total. The highest BCUT2D eigenvalue weighted by Crippen LogP contribution is 2.24. The van der Waals surface area contributed by atoms with E-state index in [9.17, 15) is 0 Å². The van der Waals surface area contributed by atoms with E-state index in [2.05, 4.69) is 50.2 Å². The van der Waals surface area contributed by atoms with Crippen molar-refractivity contribution in [1.29, 1.82) is 0 Å². The van der Waals surface area contributed by atoms with Crippen molar-refractivity contribution >= 4 is 68.4 Å². The van der Waals surface area contributed by atoms with Crippen molar-refractivity contribution in [3.8, 4) is 0 Å². The lowest BCUT2D eigenvalue weighted by molar-refractivity contribution is 1.29. The van der Waals surface area contributed by atoms with Gasteiger partial charge in [0.1, 0.15) is 10.3 Å². The van der Waals surface area contributed by atoms with Crippen LogP contribution in [0.25, 0.3) is 0 Å². The van der Waals surface area contributed by atoms with E-state index in [-0.39, 0.29) is 0 Å². The van der Waals surface area contributed by atoms with Crippen LogP contribution in [0.4, 0.5) is 0 Å². The molecule has 0 fully saturated rings. The average Bonchev–Trinajstić information content (AvgIpc) is 1.82. The maximum atomic E-state index is 5.71. The van der Waals surface area contributed by atoms with Crippen LogP contribution in [0.3, 0.4) is 0 Å². The second kappa shape index (κ2) is 3.73. The van der Waals surface area contributed by atoms with E-state index in [0.717, 1.165) is 7.14 Å². The van der Waals surface area contributed by atoms with Crippen molar-refractivity contribution in [2.45, 2.75) is 0 Å². The lowest BCUT2D eigenvalue weighted by Gasteiger charge is -1.97. The van der Waals surface area contributed by atoms with E-state index in [4.69, 9.17) is 23.2 Å². The minimum Gasteiger partial charge on any atom is -0.223 e. The van der Waals surface area contributed by atoms with Gasteiger partial charge in [0.05, 0.1) is 3.57 Å². The molecule has 0 aliphatic rings. The zero-order valence-corrected chi connectivity index (χ0v) is 10.4. The standard InChI is InChI=1S/C5HCl2I2N/c6-3-1-2(8)4(9)5(7)10-3/h1H. The molecular formula is C5HCl2I2N. The van der Waals surface area contributed by atoms with E-state index in [0.29, 0.717) is 10.3 Å². The third-order valence-corrected chi connectivity index (χ3v) is 4.60. The second-order valence-corrected chi connectivity index (χ2v) is 4.52. The summed E-state index contributed by atoms with van der Waals surface area (Å²) in [5.41, 5.74) is 0. The predicted molar refractivity (Wildman–Crippen MR) is 59.7 cm³/mol. The summed E-state index contributed by atoms with van der Waals surface area (Å²) in [5.74, 6) is 0. The summed E-state index contributed by atoms with van der Waals surface area (Å²) in [5, 5.41) is 0.910. The minimum atomic E-state index is 0.440. The molecule has 0 saturated heterocycles. The van der Waals surface area contributed by atoms with Gasteiger partial charge >= 0.3 is 0 Å². The van der Waals surface area contributed by atoms with E-state index in [1.165, 1.54) is 0 Å². The SMILES string of the molecule is Clc1cc(I)c(I)c(Cl)n1. The summed E-state index contributed by atoms with van der Waals surface area (Å²) < 4.78 is 1.98. The zero-order valence-electron chi connectivity index (χ0n) is 4.54. The second-order valence-electron chi connectivity index (χ2n) is 1.53. The monoisotopic (exact) mass is 399 g/mol. The fourth-order valence-corrected chi connectivity index (χ4v) is 2.04. The summed E-state index contributed by atoms with van der Waals surface area (Å²) >= 11 is 15.6. The first-order valence-electron chi connectivity index (χ1n) is 2.28. The number of hydrogen-bond donors (Lipinski definition) is 0. The fraction of sp³-hybridized carbons (Fsp3) is 0. The number of pyridine rings is 1. The highest BCUT2D eigenvalue weighted by Gasteiger charge is 2.03. The van der Waals surface area contributed by atoms with Crippen LogP contribution < -0.4 is 0 Å². The first-order valence-corrected chi connectivity index (χ1v) is 5.19. The number of aromatic nitrogens is 1. The van der Waals surface area contributed by atoms with Gasteiger partial charge in [0.2, 0.25) is 0 Å². The van der Waals surface area contributed by atoms with E-state index < -0.39 is 0 Å². The molecule has 1 aromatic heterocycles. The van der Waals surface area contributed by atoms with E-state index in [1.807, 2.05) is 0 Å². The molecule has 54 valence electrons. The van der Waals surface area contributed by atoms with Crippen LogP contribution in [0.15, 0.2) is 6.07 Å². The molecule has 1 aromatic rings. The van der Waals surface area contributed by atoms with Gasteiger partial charge in [0.25, 0.3) is 0 Å². The number of nitrogens with zero attached hydrogens (tertiary/aromatic N) is 1. The van der Waals surface area contributed by atoms with Crippen LogP contribution >= 0.6 is 68.4 Å². The van der Waals surface area contributed by atoms with Crippen LogP contribution in [-0.4, -0.2) is 4.98 Å². The Bertz CT molecular complexity index is 241. The summed E-state index contributed by atoms with van der Waals surface area (Å²) in [4.78, 5) is 3.85. The van der Waals surface area contributed by atoms with Gasteiger partial charge < -0.3 is 0 Å². The Morgan fingerprint density at radius 1 is 1.30 bits per heavy atom. The van der Waals surface area contributed by atoms with Gasteiger partial charge in [-0.05, 0) is 51.2 Å². The molecule has 1 heterocycles. The molecular weight excluding hydrogens is 399 g/mol. The predicted octanol–water partition coefficient (Wildman–Crippen LogP) is 3.60. The van der Waals surface area contributed by atoms with E-state index >= 15 is 0 Å². The molecule has 0 aliphatic heterocycles. The van der Waals surface area contributed by atoms with Gasteiger partial charge in [-0.15, -0.1) is 0 Å². The molecule has 0 atom stereocenters. The molecule has 1 rings (SSSR count). The number of hydrogen-bond acceptors (Lipinski definition) is 1. The average molecular weight is 400 g/mol. The summed E-state index contributed by atoms with van der Waals surface area (Å²) in [6.45, 7) is 0. The largest absolute Gasteiger partial charge is 0.223 e.